The van der Waals surface area contributed by atoms with Crippen LogP contribution in [0, 0.1) is 0 Å². The summed E-state index contributed by atoms with van der Waals surface area (Å²) in [6.07, 6.45) is 3.61. The number of pyridine rings is 1. The summed E-state index contributed by atoms with van der Waals surface area (Å²) >= 11 is 0. The molecule has 0 spiro atoms. The summed E-state index contributed by atoms with van der Waals surface area (Å²) in [6, 6.07) is 11.8. The van der Waals surface area contributed by atoms with Crippen LogP contribution in [0.2, 0.25) is 0 Å². The summed E-state index contributed by atoms with van der Waals surface area (Å²) in [5, 5.41) is 15.1. The predicted molar refractivity (Wildman–Crippen MR) is 78.4 cm³/mol. The van der Waals surface area contributed by atoms with Gasteiger partial charge >= 0.3 is 0 Å². The molecule has 0 amide bonds. The number of oxime groups is 1. The van der Waals surface area contributed by atoms with E-state index in [2.05, 4.69) is 22.4 Å². The lowest BCUT2D eigenvalue weighted by molar-refractivity contribution is 0.318. The number of nitrogens with zero attached hydrogens (tertiary/aromatic N) is 2. The third-order valence-electron chi connectivity index (χ3n) is 3.13. The number of amidine groups is 1. The van der Waals surface area contributed by atoms with Crippen molar-refractivity contribution in [2.75, 3.05) is 0 Å². The molecule has 1 unspecified atom stereocenters. The maximum Gasteiger partial charge on any atom is 0.170 e. The minimum Gasteiger partial charge on any atom is -0.409 e. The molecule has 2 rings (SSSR count). The molecule has 20 heavy (non-hydrogen) atoms. The molecular weight excluding hydrogens is 252 g/mol. The molecule has 0 aliphatic rings. The van der Waals surface area contributed by atoms with E-state index in [0.717, 1.165) is 11.1 Å². The quantitative estimate of drug-likeness (QED) is 0.336. The molecule has 0 saturated carbocycles. The summed E-state index contributed by atoms with van der Waals surface area (Å²) in [5.41, 5.74) is 8.50. The Balaban J connectivity index is 2.01. The lowest BCUT2D eigenvalue weighted by atomic mass is 10.1. The number of hydrogen-bond donors (Lipinski definition) is 3. The van der Waals surface area contributed by atoms with Crippen LogP contribution in [0.4, 0.5) is 0 Å². The van der Waals surface area contributed by atoms with Crippen LogP contribution in [0.25, 0.3) is 0 Å². The Morgan fingerprint density at radius 3 is 2.95 bits per heavy atom. The van der Waals surface area contributed by atoms with E-state index >= 15 is 0 Å². The molecule has 1 aromatic carbocycles. The second kappa shape index (κ2) is 6.68. The maximum absolute atomic E-state index is 8.69. The van der Waals surface area contributed by atoms with Crippen molar-refractivity contribution < 1.29 is 5.21 Å². The summed E-state index contributed by atoms with van der Waals surface area (Å²) in [7, 11) is 0. The fraction of sp³-hybridized carbons (Fsp3) is 0.200. The highest BCUT2D eigenvalue weighted by Gasteiger charge is 2.05. The van der Waals surface area contributed by atoms with Crippen LogP contribution in [0.5, 0.6) is 0 Å². The normalized spacial score (nSPS) is 13.2. The second-order valence-corrected chi connectivity index (χ2v) is 4.57. The Hall–Kier alpha value is -2.40. The molecule has 0 saturated heterocycles. The number of benzene rings is 1. The van der Waals surface area contributed by atoms with Gasteiger partial charge in [0.1, 0.15) is 0 Å². The highest BCUT2D eigenvalue weighted by atomic mass is 16.4. The minimum absolute atomic E-state index is 0.118. The van der Waals surface area contributed by atoms with Crippen LogP contribution in [-0.2, 0) is 6.54 Å². The van der Waals surface area contributed by atoms with Gasteiger partial charge in [-0.1, -0.05) is 29.4 Å². The van der Waals surface area contributed by atoms with E-state index in [1.807, 2.05) is 42.6 Å². The molecule has 0 aliphatic heterocycles. The third kappa shape index (κ3) is 3.55. The molecule has 0 fully saturated rings. The van der Waals surface area contributed by atoms with Crippen molar-refractivity contribution in [1.82, 2.24) is 10.3 Å². The van der Waals surface area contributed by atoms with Gasteiger partial charge in [-0.15, -0.1) is 0 Å². The van der Waals surface area contributed by atoms with Gasteiger partial charge in [-0.05, 0) is 30.2 Å². The molecule has 0 aliphatic carbocycles. The van der Waals surface area contributed by atoms with Gasteiger partial charge in [0.2, 0.25) is 0 Å². The first-order chi connectivity index (χ1) is 9.70. The molecule has 1 atom stereocenters. The van der Waals surface area contributed by atoms with E-state index in [4.69, 9.17) is 10.9 Å². The minimum atomic E-state index is 0.118. The Labute approximate surface area is 118 Å². The van der Waals surface area contributed by atoms with Gasteiger partial charge in [0.05, 0.1) is 0 Å². The van der Waals surface area contributed by atoms with Crippen LogP contribution in [0.1, 0.15) is 29.7 Å². The monoisotopic (exact) mass is 270 g/mol. The van der Waals surface area contributed by atoms with E-state index < -0.39 is 0 Å². The van der Waals surface area contributed by atoms with Crippen molar-refractivity contribution in [1.29, 1.82) is 0 Å². The van der Waals surface area contributed by atoms with Crippen molar-refractivity contribution in [3.8, 4) is 0 Å². The van der Waals surface area contributed by atoms with Gasteiger partial charge in [0, 0.05) is 30.5 Å². The molecule has 104 valence electrons. The topological polar surface area (TPSA) is 83.5 Å². The molecule has 4 N–H and O–H groups in total. The smallest absolute Gasteiger partial charge is 0.170 e. The Kier molecular flexibility index (Phi) is 4.68. The summed E-state index contributed by atoms with van der Waals surface area (Å²) in [6.45, 7) is 2.78. The first kappa shape index (κ1) is 14.0. The zero-order valence-electron chi connectivity index (χ0n) is 11.3. The third-order valence-corrected chi connectivity index (χ3v) is 3.13. The molecule has 5 heteroatoms. The predicted octanol–water partition coefficient (Wildman–Crippen LogP) is 2.03. The maximum atomic E-state index is 8.69. The first-order valence-corrected chi connectivity index (χ1v) is 6.41. The van der Waals surface area contributed by atoms with Crippen molar-refractivity contribution in [3.63, 3.8) is 0 Å². The van der Waals surface area contributed by atoms with Gasteiger partial charge in [-0.3, -0.25) is 4.98 Å². The largest absolute Gasteiger partial charge is 0.409 e. The summed E-state index contributed by atoms with van der Waals surface area (Å²) in [4.78, 5) is 4.11. The highest BCUT2D eigenvalue weighted by molar-refractivity contribution is 5.97. The summed E-state index contributed by atoms with van der Waals surface area (Å²) < 4.78 is 0. The van der Waals surface area contributed by atoms with E-state index in [9.17, 15) is 0 Å². The molecule has 1 heterocycles. The Bertz CT molecular complexity index is 583. The average molecular weight is 270 g/mol. The van der Waals surface area contributed by atoms with Gasteiger partial charge < -0.3 is 16.3 Å². The molecule has 0 bridgehead atoms. The average Bonchev–Trinajstić information content (AvgIpc) is 2.53. The van der Waals surface area contributed by atoms with E-state index in [0.29, 0.717) is 12.1 Å². The van der Waals surface area contributed by atoms with Gasteiger partial charge in [0.25, 0.3) is 0 Å². The fourth-order valence-corrected chi connectivity index (χ4v) is 1.92. The van der Waals surface area contributed by atoms with E-state index in [1.54, 1.807) is 6.20 Å². The Morgan fingerprint density at radius 2 is 2.25 bits per heavy atom. The van der Waals surface area contributed by atoms with Crippen LogP contribution in [0.3, 0.4) is 0 Å². The lowest BCUT2D eigenvalue weighted by Gasteiger charge is -2.14. The van der Waals surface area contributed by atoms with Crippen molar-refractivity contribution in [3.05, 3.63) is 65.5 Å². The standard InChI is InChI=1S/C15H18N4O/c1-11(14-6-3-7-17-10-14)18-9-12-4-2-5-13(8-12)15(16)19-20/h2-8,10-11,18,20H,9H2,1H3,(H2,16,19). The van der Waals surface area contributed by atoms with Crippen molar-refractivity contribution >= 4 is 5.84 Å². The molecule has 0 radical (unpaired) electrons. The van der Waals surface area contributed by atoms with Crippen LogP contribution < -0.4 is 11.1 Å². The Morgan fingerprint density at radius 1 is 1.40 bits per heavy atom. The van der Waals surface area contributed by atoms with Crippen LogP contribution in [-0.4, -0.2) is 16.0 Å². The first-order valence-electron chi connectivity index (χ1n) is 6.41. The van der Waals surface area contributed by atoms with Gasteiger partial charge in [0.15, 0.2) is 5.84 Å². The number of nitrogens with two attached hydrogens (primary N) is 1. The second-order valence-electron chi connectivity index (χ2n) is 4.57. The number of rotatable bonds is 5. The van der Waals surface area contributed by atoms with Crippen molar-refractivity contribution in [2.45, 2.75) is 19.5 Å². The number of nitrogens with one attached hydrogen (secondary N) is 1. The highest BCUT2D eigenvalue weighted by Crippen LogP contribution is 2.12. The van der Waals surface area contributed by atoms with Gasteiger partial charge in [-0.2, -0.15) is 0 Å². The molecule has 1 aromatic heterocycles. The van der Waals surface area contributed by atoms with Gasteiger partial charge in [-0.25, -0.2) is 0 Å². The molecular formula is C15H18N4O. The van der Waals surface area contributed by atoms with Crippen LogP contribution >= 0.6 is 0 Å². The molecule has 5 nitrogen and oxygen atoms in total. The summed E-state index contributed by atoms with van der Waals surface area (Å²) in [5.74, 6) is 0.118. The SMILES string of the molecule is CC(NCc1cccc(C(N)=NO)c1)c1cccnc1. The lowest BCUT2D eigenvalue weighted by Crippen LogP contribution is -2.19. The number of aromatic nitrogens is 1. The van der Waals surface area contributed by atoms with Crippen LogP contribution in [0.15, 0.2) is 53.9 Å². The van der Waals surface area contributed by atoms with E-state index in [-0.39, 0.29) is 11.9 Å². The zero-order chi connectivity index (χ0) is 14.4. The fourth-order valence-electron chi connectivity index (χ4n) is 1.92. The van der Waals surface area contributed by atoms with Crippen molar-refractivity contribution in [2.24, 2.45) is 10.9 Å². The molecule has 2 aromatic rings. The van der Waals surface area contributed by atoms with E-state index in [1.165, 1.54) is 0 Å². The number of hydrogen-bond acceptors (Lipinski definition) is 4. The zero-order valence-corrected chi connectivity index (χ0v) is 11.3.